The number of likely N-dealkylation sites (tertiary alicyclic amines) is 1. The van der Waals surface area contributed by atoms with Crippen molar-refractivity contribution in [2.75, 3.05) is 6.54 Å². The lowest BCUT2D eigenvalue weighted by atomic mass is 9.71. The fraction of sp³-hybridized carbons (Fsp3) is 0.633. The third kappa shape index (κ3) is 5.28. The molecule has 1 aromatic carbocycles. The molecule has 1 aliphatic heterocycles. The minimum Gasteiger partial charge on any atom is -0.334 e. The van der Waals surface area contributed by atoms with Crippen molar-refractivity contribution < 1.29 is 22.8 Å². The Kier molecular flexibility index (Phi) is 7.20. The molecule has 2 aromatic rings. The van der Waals surface area contributed by atoms with Crippen molar-refractivity contribution in [3.63, 3.8) is 0 Å². The first kappa shape index (κ1) is 26.9. The van der Waals surface area contributed by atoms with E-state index in [0.29, 0.717) is 18.2 Å². The lowest BCUT2D eigenvalue weighted by molar-refractivity contribution is -0.146. The van der Waals surface area contributed by atoms with Crippen LogP contribution in [0.3, 0.4) is 0 Å². The lowest BCUT2D eigenvalue weighted by Gasteiger charge is -2.37. The second kappa shape index (κ2) is 10.2. The van der Waals surface area contributed by atoms with Crippen LogP contribution in [0.5, 0.6) is 0 Å². The van der Waals surface area contributed by atoms with Crippen LogP contribution in [0, 0.1) is 38.5 Å². The molecule has 1 saturated heterocycles. The molecule has 3 aliphatic rings. The third-order valence-corrected chi connectivity index (χ3v) is 9.26. The molecule has 2 heterocycles. The summed E-state index contributed by atoms with van der Waals surface area (Å²) in [5.41, 5.74) is 4.09. The number of hydrogen-bond acceptors (Lipinski definition) is 3. The molecule has 0 N–H and O–H groups in total. The van der Waals surface area contributed by atoms with Gasteiger partial charge < -0.3 is 4.90 Å². The summed E-state index contributed by atoms with van der Waals surface area (Å²) >= 11 is 0. The van der Waals surface area contributed by atoms with E-state index in [4.69, 9.17) is 0 Å². The van der Waals surface area contributed by atoms with Crippen LogP contribution in [0.15, 0.2) is 18.2 Å². The van der Waals surface area contributed by atoms with Gasteiger partial charge in [0.25, 0.3) is 0 Å². The Morgan fingerprint density at radius 3 is 2.26 bits per heavy atom. The number of rotatable bonds is 6. The molecule has 5 nitrogen and oxygen atoms in total. The Bertz CT molecular complexity index is 1220. The Hall–Kier alpha value is -2.64. The maximum Gasteiger partial charge on any atom is 0.433 e. The fourth-order valence-corrected chi connectivity index (χ4v) is 6.90. The summed E-state index contributed by atoms with van der Waals surface area (Å²) in [6, 6.07) is 5.21. The SMILES string of the molecule is CC(=O)C1CCC([C@@H]2CCN(C(=O)Cn3nc(C4CC4)cc3C(F)(F)F)[C@@H]2c2cc(C)cc(C)c2C)CC1. The van der Waals surface area contributed by atoms with Crippen LogP contribution >= 0.6 is 0 Å². The van der Waals surface area contributed by atoms with Crippen molar-refractivity contribution in [1.29, 1.82) is 0 Å². The number of aromatic nitrogens is 2. The summed E-state index contributed by atoms with van der Waals surface area (Å²) in [5, 5.41) is 4.24. The highest BCUT2D eigenvalue weighted by molar-refractivity contribution is 5.78. The Morgan fingerprint density at radius 1 is 0.974 bits per heavy atom. The summed E-state index contributed by atoms with van der Waals surface area (Å²) < 4.78 is 42.4. The van der Waals surface area contributed by atoms with E-state index in [1.165, 1.54) is 0 Å². The number of benzene rings is 1. The van der Waals surface area contributed by atoms with E-state index < -0.39 is 18.4 Å². The first-order valence-electron chi connectivity index (χ1n) is 14.0. The van der Waals surface area contributed by atoms with Gasteiger partial charge in [0.15, 0.2) is 0 Å². The largest absolute Gasteiger partial charge is 0.433 e. The molecule has 38 heavy (non-hydrogen) atoms. The van der Waals surface area contributed by atoms with E-state index in [1.54, 1.807) is 6.92 Å². The topological polar surface area (TPSA) is 55.2 Å². The van der Waals surface area contributed by atoms with Crippen LogP contribution in [0.1, 0.15) is 97.5 Å². The molecule has 1 amide bonds. The van der Waals surface area contributed by atoms with Gasteiger partial charge in [0.2, 0.25) is 5.91 Å². The Labute approximate surface area is 222 Å². The summed E-state index contributed by atoms with van der Waals surface area (Å²) in [4.78, 5) is 27.5. The van der Waals surface area contributed by atoms with E-state index in [9.17, 15) is 22.8 Å². The molecule has 0 spiro atoms. The summed E-state index contributed by atoms with van der Waals surface area (Å²) in [7, 11) is 0. The number of alkyl halides is 3. The summed E-state index contributed by atoms with van der Waals surface area (Å²) in [6.07, 6.45) is 1.57. The molecule has 0 radical (unpaired) electrons. The van der Waals surface area contributed by atoms with Gasteiger partial charge in [-0.1, -0.05) is 17.7 Å². The van der Waals surface area contributed by atoms with E-state index in [1.807, 2.05) is 11.8 Å². The van der Waals surface area contributed by atoms with Crippen LogP contribution in [0.4, 0.5) is 13.2 Å². The monoisotopic (exact) mass is 529 g/mol. The number of halogens is 3. The van der Waals surface area contributed by atoms with E-state index in [0.717, 1.165) is 77.9 Å². The molecule has 3 fully saturated rings. The quantitative estimate of drug-likeness (QED) is 0.419. The lowest BCUT2D eigenvalue weighted by Crippen LogP contribution is -2.37. The average molecular weight is 530 g/mol. The van der Waals surface area contributed by atoms with Gasteiger partial charge in [0.1, 0.15) is 18.0 Å². The molecular formula is C30H38F3N3O2. The number of nitrogens with zero attached hydrogens (tertiary/aromatic N) is 3. The van der Waals surface area contributed by atoms with E-state index in [2.05, 4.69) is 31.1 Å². The predicted molar refractivity (Wildman–Crippen MR) is 139 cm³/mol. The van der Waals surface area contributed by atoms with E-state index in [-0.39, 0.29) is 35.5 Å². The van der Waals surface area contributed by atoms with Crippen LogP contribution in [-0.4, -0.2) is 32.9 Å². The maximum atomic E-state index is 13.8. The number of amides is 1. The zero-order valence-corrected chi connectivity index (χ0v) is 22.8. The summed E-state index contributed by atoms with van der Waals surface area (Å²) in [5.74, 6) is 0.717. The van der Waals surface area contributed by atoms with Gasteiger partial charge in [0.05, 0.1) is 11.7 Å². The van der Waals surface area contributed by atoms with Gasteiger partial charge in [0, 0.05) is 18.4 Å². The maximum absolute atomic E-state index is 13.8. The van der Waals surface area contributed by atoms with Crippen LogP contribution in [0.2, 0.25) is 0 Å². The normalized spacial score (nSPS) is 26.1. The molecular weight excluding hydrogens is 491 g/mol. The van der Waals surface area contributed by atoms with Crippen LogP contribution in [-0.2, 0) is 22.3 Å². The first-order chi connectivity index (χ1) is 17.9. The van der Waals surface area contributed by atoms with Gasteiger partial charge in [-0.3, -0.25) is 14.3 Å². The Balaban J connectivity index is 1.45. The fourth-order valence-electron chi connectivity index (χ4n) is 6.90. The number of hydrogen-bond donors (Lipinski definition) is 0. The van der Waals surface area contributed by atoms with Gasteiger partial charge in [-0.05, 0) is 107 Å². The molecule has 2 aliphatic carbocycles. The minimum absolute atomic E-state index is 0.0689. The van der Waals surface area contributed by atoms with Gasteiger partial charge in [-0.15, -0.1) is 0 Å². The molecule has 8 heteroatoms. The first-order valence-corrected chi connectivity index (χ1v) is 14.0. The highest BCUT2D eigenvalue weighted by atomic mass is 19.4. The van der Waals surface area contributed by atoms with Crippen molar-refractivity contribution in [1.82, 2.24) is 14.7 Å². The number of carbonyl (C=O) groups is 2. The van der Waals surface area contributed by atoms with Crippen molar-refractivity contribution in [3.05, 3.63) is 51.8 Å². The van der Waals surface area contributed by atoms with Gasteiger partial charge in [-0.2, -0.15) is 18.3 Å². The zero-order chi connectivity index (χ0) is 27.4. The number of aryl methyl sites for hydroxylation is 2. The zero-order valence-electron chi connectivity index (χ0n) is 22.8. The van der Waals surface area contributed by atoms with E-state index >= 15 is 0 Å². The molecule has 0 bridgehead atoms. The summed E-state index contributed by atoms with van der Waals surface area (Å²) in [6.45, 7) is 7.96. The van der Waals surface area contributed by atoms with Crippen LogP contribution in [0.25, 0.3) is 0 Å². The Morgan fingerprint density at radius 2 is 1.66 bits per heavy atom. The molecule has 1 aromatic heterocycles. The van der Waals surface area contributed by atoms with Crippen molar-refractivity contribution in [2.45, 2.75) is 97.3 Å². The second-order valence-corrected chi connectivity index (χ2v) is 11.9. The second-order valence-electron chi connectivity index (χ2n) is 11.9. The van der Waals surface area contributed by atoms with Crippen molar-refractivity contribution in [2.24, 2.45) is 17.8 Å². The van der Waals surface area contributed by atoms with Gasteiger partial charge >= 0.3 is 6.18 Å². The predicted octanol–water partition coefficient (Wildman–Crippen LogP) is 6.69. The molecule has 206 valence electrons. The number of carbonyl (C=O) groups excluding carboxylic acids is 2. The van der Waals surface area contributed by atoms with Crippen molar-refractivity contribution in [3.8, 4) is 0 Å². The van der Waals surface area contributed by atoms with Crippen LogP contribution < -0.4 is 0 Å². The minimum atomic E-state index is -4.56. The molecule has 2 atom stereocenters. The third-order valence-electron chi connectivity index (χ3n) is 9.26. The van der Waals surface area contributed by atoms with Gasteiger partial charge in [-0.25, -0.2) is 0 Å². The number of ketones is 1. The number of Topliss-reactive ketones (excluding diaryl/α,β-unsaturated/α-hetero) is 1. The molecule has 5 rings (SSSR count). The highest BCUT2D eigenvalue weighted by Gasteiger charge is 2.45. The standard InChI is InChI=1S/C30H38F3N3O2/c1-17-13-18(2)19(3)25(14-17)29-24(22-7-5-21(6-8-22)20(4)37)11-12-35(29)28(38)16-36-27(30(31,32)33)15-26(34-36)23-9-10-23/h13-15,21-24,29H,5-12,16H2,1-4H3/t21?,22?,24-,29-/m0/s1. The van der Waals surface area contributed by atoms with Crippen molar-refractivity contribution >= 4 is 11.7 Å². The average Bonchev–Trinajstić information content (AvgIpc) is 3.46. The molecule has 0 unspecified atom stereocenters. The smallest absolute Gasteiger partial charge is 0.334 e. The molecule has 2 saturated carbocycles. The highest BCUT2D eigenvalue weighted by Crippen LogP contribution is 2.48.